The molecule has 0 aromatic carbocycles. The van der Waals surface area contributed by atoms with Crippen LogP contribution in [0.1, 0.15) is 34.1 Å². The highest BCUT2D eigenvalue weighted by Crippen LogP contribution is 2.12. The number of hydrogen-bond acceptors (Lipinski definition) is 3. The predicted molar refractivity (Wildman–Crippen MR) is 62.2 cm³/mol. The summed E-state index contributed by atoms with van der Waals surface area (Å²) in [7, 11) is 0. The quantitative estimate of drug-likeness (QED) is 0.556. The van der Waals surface area contributed by atoms with Crippen LogP contribution in [0.15, 0.2) is 0 Å². The first-order valence-electron chi connectivity index (χ1n) is 5.79. The summed E-state index contributed by atoms with van der Waals surface area (Å²) in [5, 5.41) is 0. The lowest BCUT2D eigenvalue weighted by Gasteiger charge is -2.17. The molecule has 0 spiro atoms. The van der Waals surface area contributed by atoms with Crippen molar-refractivity contribution in [3.63, 3.8) is 0 Å². The molecule has 0 heterocycles. The minimum atomic E-state index is 0.245. The van der Waals surface area contributed by atoms with Gasteiger partial charge in [-0.05, 0) is 18.8 Å². The highest BCUT2D eigenvalue weighted by atomic mass is 16.5. The second-order valence-electron chi connectivity index (χ2n) is 4.78. The lowest BCUT2D eigenvalue weighted by Crippen LogP contribution is -2.17. The standard InChI is InChI=1S/C12H26O3/c1-5-13-7-6-8-14-9-10-15-11-12(2,3)4/h5-11H2,1-4H3. The van der Waals surface area contributed by atoms with Gasteiger partial charge in [-0.3, -0.25) is 0 Å². The molecule has 0 aliphatic carbocycles. The normalized spacial score (nSPS) is 12.0. The van der Waals surface area contributed by atoms with Crippen molar-refractivity contribution >= 4 is 0 Å². The molecule has 0 saturated carbocycles. The van der Waals surface area contributed by atoms with E-state index in [0.717, 1.165) is 32.8 Å². The first kappa shape index (κ1) is 14.9. The SMILES string of the molecule is CCOCCCOCCOCC(C)(C)C. The summed E-state index contributed by atoms with van der Waals surface area (Å²) in [5.41, 5.74) is 0.245. The molecule has 92 valence electrons. The molecule has 0 aromatic heterocycles. The summed E-state index contributed by atoms with van der Waals surface area (Å²) < 4.78 is 16.1. The van der Waals surface area contributed by atoms with Gasteiger partial charge in [0.2, 0.25) is 0 Å². The summed E-state index contributed by atoms with van der Waals surface area (Å²) in [4.78, 5) is 0. The van der Waals surface area contributed by atoms with Crippen LogP contribution in [0.2, 0.25) is 0 Å². The van der Waals surface area contributed by atoms with Gasteiger partial charge in [-0.25, -0.2) is 0 Å². The van der Waals surface area contributed by atoms with E-state index in [1.807, 2.05) is 6.92 Å². The molecular formula is C12H26O3. The van der Waals surface area contributed by atoms with Gasteiger partial charge in [0, 0.05) is 19.8 Å². The molecule has 0 rings (SSSR count). The lowest BCUT2D eigenvalue weighted by molar-refractivity contribution is 0.0137. The minimum absolute atomic E-state index is 0.245. The monoisotopic (exact) mass is 218 g/mol. The summed E-state index contributed by atoms with van der Waals surface area (Å²) in [6, 6.07) is 0. The van der Waals surface area contributed by atoms with Crippen LogP contribution in [-0.2, 0) is 14.2 Å². The van der Waals surface area contributed by atoms with E-state index in [1.54, 1.807) is 0 Å². The van der Waals surface area contributed by atoms with Gasteiger partial charge < -0.3 is 14.2 Å². The fraction of sp³-hybridized carbons (Fsp3) is 1.00. The van der Waals surface area contributed by atoms with Crippen LogP contribution in [0.25, 0.3) is 0 Å². The molecule has 0 aliphatic rings. The zero-order valence-corrected chi connectivity index (χ0v) is 10.7. The van der Waals surface area contributed by atoms with Crippen LogP contribution in [0.4, 0.5) is 0 Å². The molecule has 0 radical (unpaired) electrons. The fourth-order valence-corrected chi connectivity index (χ4v) is 1.01. The summed E-state index contributed by atoms with van der Waals surface area (Å²) in [6.45, 7) is 13.0. The Morgan fingerprint density at radius 3 is 2.00 bits per heavy atom. The van der Waals surface area contributed by atoms with Crippen molar-refractivity contribution < 1.29 is 14.2 Å². The van der Waals surface area contributed by atoms with Crippen LogP contribution >= 0.6 is 0 Å². The second kappa shape index (κ2) is 9.13. The van der Waals surface area contributed by atoms with Crippen molar-refractivity contribution in [3.05, 3.63) is 0 Å². The van der Waals surface area contributed by atoms with E-state index >= 15 is 0 Å². The maximum atomic E-state index is 5.47. The van der Waals surface area contributed by atoms with Crippen molar-refractivity contribution in [1.29, 1.82) is 0 Å². The van der Waals surface area contributed by atoms with E-state index in [-0.39, 0.29) is 5.41 Å². The van der Waals surface area contributed by atoms with Crippen LogP contribution in [0, 0.1) is 5.41 Å². The van der Waals surface area contributed by atoms with Gasteiger partial charge in [0.05, 0.1) is 19.8 Å². The molecule has 0 saturated heterocycles. The third kappa shape index (κ3) is 13.9. The fourth-order valence-electron chi connectivity index (χ4n) is 1.01. The molecule has 3 heteroatoms. The van der Waals surface area contributed by atoms with E-state index < -0.39 is 0 Å². The minimum Gasteiger partial charge on any atom is -0.382 e. The van der Waals surface area contributed by atoms with Crippen molar-refractivity contribution in [1.82, 2.24) is 0 Å². The van der Waals surface area contributed by atoms with E-state index in [1.165, 1.54) is 0 Å². The molecule has 0 aromatic rings. The maximum Gasteiger partial charge on any atom is 0.0700 e. The summed E-state index contributed by atoms with van der Waals surface area (Å²) in [5.74, 6) is 0. The Labute approximate surface area is 94.1 Å². The largest absolute Gasteiger partial charge is 0.382 e. The van der Waals surface area contributed by atoms with Gasteiger partial charge in [-0.2, -0.15) is 0 Å². The third-order valence-corrected chi connectivity index (χ3v) is 1.69. The average Bonchev–Trinajstić information content (AvgIpc) is 2.14. The zero-order valence-electron chi connectivity index (χ0n) is 10.7. The average molecular weight is 218 g/mol. The Morgan fingerprint density at radius 2 is 1.40 bits per heavy atom. The van der Waals surface area contributed by atoms with Gasteiger partial charge in [0.15, 0.2) is 0 Å². The Hall–Kier alpha value is -0.120. The first-order valence-corrected chi connectivity index (χ1v) is 5.79. The van der Waals surface area contributed by atoms with Gasteiger partial charge in [-0.15, -0.1) is 0 Å². The Bertz CT molecular complexity index is 129. The van der Waals surface area contributed by atoms with Gasteiger partial charge in [0.1, 0.15) is 0 Å². The third-order valence-electron chi connectivity index (χ3n) is 1.69. The number of ether oxygens (including phenoxy) is 3. The van der Waals surface area contributed by atoms with Crippen LogP contribution in [0.3, 0.4) is 0 Å². The predicted octanol–water partition coefficient (Wildman–Crippen LogP) is 2.49. The Balaban J connectivity index is 2.99. The van der Waals surface area contributed by atoms with Crippen LogP contribution in [0.5, 0.6) is 0 Å². The molecular weight excluding hydrogens is 192 g/mol. The molecule has 0 aliphatic heterocycles. The molecule has 15 heavy (non-hydrogen) atoms. The second-order valence-corrected chi connectivity index (χ2v) is 4.78. The summed E-state index contributed by atoms with van der Waals surface area (Å²) in [6.07, 6.45) is 0.965. The zero-order chi connectivity index (χ0) is 11.6. The van der Waals surface area contributed by atoms with E-state index in [0.29, 0.717) is 13.2 Å². The van der Waals surface area contributed by atoms with Gasteiger partial charge in [-0.1, -0.05) is 20.8 Å². The van der Waals surface area contributed by atoms with E-state index in [2.05, 4.69) is 20.8 Å². The molecule has 0 amide bonds. The van der Waals surface area contributed by atoms with E-state index in [9.17, 15) is 0 Å². The van der Waals surface area contributed by atoms with Crippen LogP contribution in [-0.4, -0.2) is 39.6 Å². The summed E-state index contributed by atoms with van der Waals surface area (Å²) >= 11 is 0. The van der Waals surface area contributed by atoms with Crippen molar-refractivity contribution in [3.8, 4) is 0 Å². The molecule has 0 N–H and O–H groups in total. The molecule has 0 atom stereocenters. The molecule has 0 bridgehead atoms. The van der Waals surface area contributed by atoms with Crippen molar-refractivity contribution in [2.75, 3.05) is 39.6 Å². The molecule has 0 unspecified atom stereocenters. The smallest absolute Gasteiger partial charge is 0.0700 e. The Morgan fingerprint density at radius 1 is 0.800 bits per heavy atom. The van der Waals surface area contributed by atoms with Gasteiger partial charge in [0.25, 0.3) is 0 Å². The number of hydrogen-bond donors (Lipinski definition) is 0. The van der Waals surface area contributed by atoms with Crippen molar-refractivity contribution in [2.45, 2.75) is 34.1 Å². The molecule has 3 nitrogen and oxygen atoms in total. The topological polar surface area (TPSA) is 27.7 Å². The highest BCUT2D eigenvalue weighted by molar-refractivity contribution is 4.58. The number of rotatable bonds is 9. The van der Waals surface area contributed by atoms with E-state index in [4.69, 9.17) is 14.2 Å². The Kier molecular flexibility index (Phi) is 9.06. The first-order chi connectivity index (χ1) is 7.06. The van der Waals surface area contributed by atoms with Gasteiger partial charge >= 0.3 is 0 Å². The lowest BCUT2D eigenvalue weighted by atomic mass is 9.99. The maximum absolute atomic E-state index is 5.47. The highest BCUT2D eigenvalue weighted by Gasteiger charge is 2.09. The molecule has 0 fully saturated rings. The van der Waals surface area contributed by atoms with Crippen LogP contribution < -0.4 is 0 Å². The van der Waals surface area contributed by atoms with Crippen molar-refractivity contribution in [2.24, 2.45) is 5.41 Å².